The second-order valence-corrected chi connectivity index (χ2v) is 3.77. The number of para-hydroxylation sites is 1. The van der Waals surface area contributed by atoms with Crippen molar-refractivity contribution in [2.24, 2.45) is 4.99 Å². The summed E-state index contributed by atoms with van der Waals surface area (Å²) in [6, 6.07) is 9.90. The summed E-state index contributed by atoms with van der Waals surface area (Å²) in [5.41, 5.74) is 0.946. The van der Waals surface area contributed by atoms with Gasteiger partial charge in [0.15, 0.2) is 5.90 Å². The topological polar surface area (TPSA) is 21.6 Å². The number of hydrogen-bond donors (Lipinski definition) is 0. The molecule has 2 nitrogen and oxygen atoms in total. The smallest absolute Gasteiger partial charge is 0.188 e. The molecule has 0 fully saturated rings. The van der Waals surface area contributed by atoms with Crippen molar-refractivity contribution in [1.29, 1.82) is 0 Å². The lowest BCUT2D eigenvalue weighted by molar-refractivity contribution is 0.341. The van der Waals surface area contributed by atoms with E-state index in [1.165, 1.54) is 6.42 Å². The first-order valence-electron chi connectivity index (χ1n) is 6.27. The van der Waals surface area contributed by atoms with Crippen molar-refractivity contribution in [2.45, 2.75) is 33.1 Å². The number of rotatable bonds is 6. The third-order valence-corrected chi connectivity index (χ3v) is 2.28. The minimum absolute atomic E-state index is 0.611. The molecule has 92 valence electrons. The molecule has 0 aliphatic carbocycles. The molecule has 1 aromatic carbocycles. The number of benzene rings is 1. The molecule has 0 spiro atoms. The van der Waals surface area contributed by atoms with E-state index in [-0.39, 0.29) is 0 Å². The van der Waals surface area contributed by atoms with Gasteiger partial charge in [-0.2, -0.15) is 0 Å². The van der Waals surface area contributed by atoms with Crippen LogP contribution in [-0.2, 0) is 4.74 Å². The zero-order valence-corrected chi connectivity index (χ0v) is 10.7. The Bertz CT molecular complexity index is 354. The molecule has 1 aromatic rings. The Morgan fingerprint density at radius 3 is 2.59 bits per heavy atom. The Labute approximate surface area is 104 Å². The number of aliphatic imine (C=N–C) groups is 1. The van der Waals surface area contributed by atoms with Gasteiger partial charge in [0.05, 0.1) is 5.69 Å². The van der Waals surface area contributed by atoms with Crippen molar-refractivity contribution in [2.75, 3.05) is 6.61 Å². The van der Waals surface area contributed by atoms with Gasteiger partial charge in [0, 0.05) is 6.42 Å². The molecule has 0 bridgehead atoms. The van der Waals surface area contributed by atoms with E-state index in [9.17, 15) is 0 Å². The summed E-state index contributed by atoms with van der Waals surface area (Å²) < 4.78 is 5.60. The lowest BCUT2D eigenvalue weighted by Gasteiger charge is -2.04. The molecule has 0 unspecified atom stereocenters. The summed E-state index contributed by atoms with van der Waals surface area (Å²) >= 11 is 0. The molecule has 0 saturated carbocycles. The minimum Gasteiger partial charge on any atom is -0.477 e. The van der Waals surface area contributed by atoms with E-state index in [2.05, 4.69) is 31.0 Å². The largest absolute Gasteiger partial charge is 0.477 e. The highest BCUT2D eigenvalue weighted by Gasteiger charge is 1.96. The van der Waals surface area contributed by atoms with Gasteiger partial charge in [-0.1, -0.05) is 50.6 Å². The fourth-order valence-electron chi connectivity index (χ4n) is 1.36. The highest BCUT2D eigenvalue weighted by Crippen LogP contribution is 2.11. The van der Waals surface area contributed by atoms with Gasteiger partial charge in [-0.3, -0.25) is 0 Å². The van der Waals surface area contributed by atoms with Crippen molar-refractivity contribution in [3.8, 4) is 0 Å². The zero-order valence-electron chi connectivity index (χ0n) is 10.7. The quantitative estimate of drug-likeness (QED) is 0.401. The molecule has 0 aliphatic rings. The van der Waals surface area contributed by atoms with Gasteiger partial charge in [0.2, 0.25) is 0 Å². The van der Waals surface area contributed by atoms with Gasteiger partial charge < -0.3 is 4.74 Å². The lowest BCUT2D eigenvalue weighted by atomic mass is 10.3. The van der Waals surface area contributed by atoms with E-state index in [4.69, 9.17) is 4.74 Å². The van der Waals surface area contributed by atoms with Crippen molar-refractivity contribution in [1.82, 2.24) is 0 Å². The summed E-state index contributed by atoms with van der Waals surface area (Å²) in [6.45, 7) is 4.83. The monoisotopic (exact) mass is 231 g/mol. The van der Waals surface area contributed by atoms with E-state index >= 15 is 0 Å². The second-order valence-electron chi connectivity index (χ2n) is 3.77. The van der Waals surface area contributed by atoms with Crippen LogP contribution in [-0.4, -0.2) is 12.5 Å². The summed E-state index contributed by atoms with van der Waals surface area (Å²) in [6.07, 6.45) is 7.31. The number of unbranched alkanes of at least 4 members (excludes halogenated alkanes) is 1. The van der Waals surface area contributed by atoms with Crippen LogP contribution in [0, 0.1) is 0 Å². The van der Waals surface area contributed by atoms with E-state index < -0.39 is 0 Å². The Hall–Kier alpha value is -1.57. The first-order valence-corrected chi connectivity index (χ1v) is 6.27. The summed E-state index contributed by atoms with van der Waals surface area (Å²) in [4.78, 5) is 4.46. The average molecular weight is 231 g/mol. The van der Waals surface area contributed by atoms with Crippen molar-refractivity contribution in [3.63, 3.8) is 0 Å². The standard InChI is InChI=1S/C15H21NO/c1-3-5-6-10-13-17-15(4-2)16-14-11-8-7-9-12-14/h6-12H,3-5,13H2,1-2H3/b10-6+,16-15?. The van der Waals surface area contributed by atoms with Gasteiger partial charge in [0.1, 0.15) is 6.61 Å². The van der Waals surface area contributed by atoms with Crippen LogP contribution in [0.25, 0.3) is 0 Å². The molecule has 0 amide bonds. The minimum atomic E-state index is 0.611. The molecule has 0 heterocycles. The predicted molar refractivity (Wildman–Crippen MR) is 73.8 cm³/mol. The molecule has 2 heteroatoms. The van der Waals surface area contributed by atoms with Crippen LogP contribution in [0.4, 0.5) is 5.69 Å². The number of hydrogen-bond acceptors (Lipinski definition) is 2. The van der Waals surface area contributed by atoms with Gasteiger partial charge in [0.25, 0.3) is 0 Å². The fourth-order valence-corrected chi connectivity index (χ4v) is 1.36. The molecule has 0 aliphatic heterocycles. The number of nitrogens with zero attached hydrogens (tertiary/aromatic N) is 1. The third-order valence-electron chi connectivity index (χ3n) is 2.28. The number of allylic oxidation sites excluding steroid dienone is 1. The van der Waals surface area contributed by atoms with E-state index in [1.807, 2.05) is 30.3 Å². The van der Waals surface area contributed by atoms with Crippen molar-refractivity contribution < 1.29 is 4.74 Å². The fraction of sp³-hybridized carbons (Fsp3) is 0.400. The number of ether oxygens (including phenoxy) is 1. The zero-order chi connectivity index (χ0) is 12.3. The summed E-state index contributed by atoms with van der Waals surface area (Å²) in [7, 11) is 0. The van der Waals surface area contributed by atoms with Crippen LogP contribution >= 0.6 is 0 Å². The molecule has 0 atom stereocenters. The van der Waals surface area contributed by atoms with E-state index in [0.717, 1.165) is 24.4 Å². The van der Waals surface area contributed by atoms with Crippen molar-refractivity contribution in [3.05, 3.63) is 42.5 Å². The maximum Gasteiger partial charge on any atom is 0.188 e. The second kappa shape index (κ2) is 8.57. The Kier molecular flexibility index (Phi) is 6.80. The van der Waals surface area contributed by atoms with Crippen LogP contribution in [0.5, 0.6) is 0 Å². The molecule has 0 radical (unpaired) electrons. The Morgan fingerprint density at radius 1 is 1.18 bits per heavy atom. The molecule has 0 N–H and O–H groups in total. The highest BCUT2D eigenvalue weighted by atomic mass is 16.5. The van der Waals surface area contributed by atoms with Crippen LogP contribution in [0.2, 0.25) is 0 Å². The van der Waals surface area contributed by atoms with Crippen molar-refractivity contribution >= 4 is 11.6 Å². The van der Waals surface area contributed by atoms with Crippen LogP contribution in [0.15, 0.2) is 47.5 Å². The Morgan fingerprint density at radius 2 is 1.94 bits per heavy atom. The molecular formula is C15H21NO. The molecule has 0 aromatic heterocycles. The van der Waals surface area contributed by atoms with Gasteiger partial charge >= 0.3 is 0 Å². The van der Waals surface area contributed by atoms with Crippen LogP contribution in [0.3, 0.4) is 0 Å². The average Bonchev–Trinajstić information content (AvgIpc) is 2.38. The summed E-state index contributed by atoms with van der Waals surface area (Å²) in [5.74, 6) is 0.789. The summed E-state index contributed by atoms with van der Waals surface area (Å²) in [5, 5.41) is 0. The third kappa shape index (κ3) is 5.91. The molecule has 0 saturated heterocycles. The Balaban J connectivity index is 2.46. The first-order chi connectivity index (χ1) is 8.36. The molecular weight excluding hydrogens is 210 g/mol. The highest BCUT2D eigenvalue weighted by molar-refractivity contribution is 5.79. The SMILES string of the molecule is CCC/C=C/COC(CC)=Nc1ccccc1. The van der Waals surface area contributed by atoms with Gasteiger partial charge in [-0.25, -0.2) is 4.99 Å². The van der Waals surface area contributed by atoms with Gasteiger partial charge in [-0.15, -0.1) is 0 Å². The lowest BCUT2D eigenvalue weighted by Crippen LogP contribution is -2.02. The molecule has 1 rings (SSSR count). The van der Waals surface area contributed by atoms with Crippen LogP contribution < -0.4 is 0 Å². The maximum atomic E-state index is 5.60. The predicted octanol–water partition coefficient (Wildman–Crippen LogP) is 4.50. The maximum absolute atomic E-state index is 5.60. The van der Waals surface area contributed by atoms with Crippen LogP contribution in [0.1, 0.15) is 33.1 Å². The van der Waals surface area contributed by atoms with E-state index in [1.54, 1.807) is 0 Å². The normalized spacial score (nSPS) is 12.0. The van der Waals surface area contributed by atoms with Gasteiger partial charge in [-0.05, 0) is 18.6 Å². The van der Waals surface area contributed by atoms with E-state index in [0.29, 0.717) is 6.61 Å². The first kappa shape index (κ1) is 13.5. The molecule has 17 heavy (non-hydrogen) atoms.